The average Bonchev–Trinajstić information content (AvgIpc) is 3.50. The lowest BCUT2D eigenvalue weighted by Gasteiger charge is -2.23. The molecule has 7 nitrogen and oxygen atoms in total. The SMILES string of the molecule is Cc1cc(CN(C(=O)c2cc3c(cc2F)nc(N)c2cnn(C)c23)C2CC2)ncc1Br. The molecule has 158 valence electrons. The Labute approximate surface area is 186 Å². The number of pyridine rings is 2. The third-order valence-electron chi connectivity index (χ3n) is 5.71. The van der Waals surface area contributed by atoms with Gasteiger partial charge in [-0.2, -0.15) is 5.10 Å². The van der Waals surface area contributed by atoms with Crippen molar-refractivity contribution in [2.45, 2.75) is 32.4 Å². The Morgan fingerprint density at radius 3 is 2.77 bits per heavy atom. The molecule has 31 heavy (non-hydrogen) atoms. The maximum absolute atomic E-state index is 15.1. The van der Waals surface area contributed by atoms with Gasteiger partial charge in [0, 0.05) is 35.2 Å². The van der Waals surface area contributed by atoms with Gasteiger partial charge in [-0.3, -0.25) is 14.5 Å². The molecule has 3 heterocycles. The Bertz CT molecular complexity index is 1360. The first-order valence-electron chi connectivity index (χ1n) is 9.96. The second kappa shape index (κ2) is 7.26. The Morgan fingerprint density at radius 1 is 1.29 bits per heavy atom. The number of rotatable bonds is 4. The Hall–Kier alpha value is -3.07. The highest BCUT2D eigenvalue weighted by Crippen LogP contribution is 2.33. The zero-order valence-corrected chi connectivity index (χ0v) is 18.6. The van der Waals surface area contributed by atoms with Crippen LogP contribution in [0.4, 0.5) is 10.2 Å². The zero-order valence-electron chi connectivity index (χ0n) is 17.1. The molecule has 5 rings (SSSR count). The monoisotopic (exact) mass is 482 g/mol. The molecule has 4 aromatic rings. The van der Waals surface area contributed by atoms with Crippen molar-refractivity contribution in [2.24, 2.45) is 7.05 Å². The summed E-state index contributed by atoms with van der Waals surface area (Å²) in [5.41, 5.74) is 8.95. The molecule has 1 amide bonds. The van der Waals surface area contributed by atoms with Gasteiger partial charge in [0.1, 0.15) is 11.6 Å². The highest BCUT2D eigenvalue weighted by Gasteiger charge is 2.34. The molecule has 9 heteroatoms. The van der Waals surface area contributed by atoms with Crippen LogP contribution >= 0.6 is 15.9 Å². The molecule has 1 aliphatic rings. The van der Waals surface area contributed by atoms with Crippen LogP contribution in [0.2, 0.25) is 0 Å². The van der Waals surface area contributed by atoms with Crippen LogP contribution in [0.5, 0.6) is 0 Å². The number of nitrogens with two attached hydrogens (primary N) is 1. The van der Waals surface area contributed by atoms with Crippen molar-refractivity contribution in [1.29, 1.82) is 0 Å². The van der Waals surface area contributed by atoms with Gasteiger partial charge in [0.15, 0.2) is 0 Å². The highest BCUT2D eigenvalue weighted by atomic mass is 79.9. The predicted octanol–water partition coefficient (Wildman–Crippen LogP) is 4.11. The van der Waals surface area contributed by atoms with Crippen molar-refractivity contribution in [3.8, 4) is 0 Å². The zero-order chi connectivity index (χ0) is 21.9. The standard InChI is InChI=1S/C22H20BrFN6O/c1-11-5-12(26-9-17(11)23)10-30(13-3-4-13)22(31)14-6-15-19(7-18(14)24)28-21(25)16-8-27-29(2)20(15)16/h5-9,13H,3-4,10H2,1-2H3,(H2,25,28). The summed E-state index contributed by atoms with van der Waals surface area (Å²) in [5.74, 6) is -0.682. The summed E-state index contributed by atoms with van der Waals surface area (Å²) in [6.45, 7) is 2.30. The van der Waals surface area contributed by atoms with Gasteiger partial charge in [0.25, 0.3) is 5.91 Å². The number of carbonyl (C=O) groups is 1. The van der Waals surface area contributed by atoms with E-state index >= 15 is 4.39 Å². The lowest BCUT2D eigenvalue weighted by atomic mass is 10.1. The number of aryl methyl sites for hydroxylation is 2. The molecule has 0 atom stereocenters. The van der Waals surface area contributed by atoms with Crippen molar-refractivity contribution in [3.05, 3.63) is 57.7 Å². The molecule has 0 radical (unpaired) electrons. The minimum atomic E-state index is -0.614. The molecule has 0 aliphatic heterocycles. The van der Waals surface area contributed by atoms with Crippen molar-refractivity contribution in [2.75, 3.05) is 5.73 Å². The topological polar surface area (TPSA) is 89.9 Å². The van der Waals surface area contributed by atoms with Gasteiger partial charge < -0.3 is 10.6 Å². The third-order valence-corrected chi connectivity index (χ3v) is 6.54. The first-order chi connectivity index (χ1) is 14.8. The summed E-state index contributed by atoms with van der Waals surface area (Å²) >= 11 is 3.45. The molecule has 0 unspecified atom stereocenters. The number of aromatic nitrogens is 4. The minimum Gasteiger partial charge on any atom is -0.383 e. The number of fused-ring (bicyclic) bond motifs is 3. The normalized spacial score (nSPS) is 13.8. The van der Waals surface area contributed by atoms with Crippen LogP contribution in [-0.4, -0.2) is 36.6 Å². The predicted molar refractivity (Wildman–Crippen MR) is 120 cm³/mol. The largest absolute Gasteiger partial charge is 0.383 e. The summed E-state index contributed by atoms with van der Waals surface area (Å²) in [5, 5.41) is 5.56. The van der Waals surface area contributed by atoms with Gasteiger partial charge in [-0.15, -0.1) is 0 Å². The van der Waals surface area contributed by atoms with Gasteiger partial charge >= 0.3 is 0 Å². The van der Waals surface area contributed by atoms with Crippen LogP contribution < -0.4 is 5.73 Å². The van der Waals surface area contributed by atoms with Gasteiger partial charge in [0.2, 0.25) is 0 Å². The second-order valence-electron chi connectivity index (χ2n) is 7.97. The van der Waals surface area contributed by atoms with Gasteiger partial charge in [0.05, 0.1) is 40.4 Å². The smallest absolute Gasteiger partial charge is 0.257 e. The fourth-order valence-electron chi connectivity index (χ4n) is 3.91. The fourth-order valence-corrected chi connectivity index (χ4v) is 4.13. The number of hydrogen-bond donors (Lipinski definition) is 1. The number of halogens is 2. The quantitative estimate of drug-likeness (QED) is 0.472. The molecular weight excluding hydrogens is 463 g/mol. The molecule has 0 spiro atoms. The van der Waals surface area contributed by atoms with Gasteiger partial charge in [-0.05, 0) is 53.4 Å². The van der Waals surface area contributed by atoms with E-state index in [1.54, 1.807) is 35.1 Å². The van der Waals surface area contributed by atoms with Crippen LogP contribution in [0, 0.1) is 12.7 Å². The van der Waals surface area contributed by atoms with E-state index in [1.165, 1.54) is 6.07 Å². The van der Waals surface area contributed by atoms with Crippen LogP contribution in [-0.2, 0) is 13.6 Å². The molecule has 1 saturated carbocycles. The fraction of sp³-hybridized carbons (Fsp3) is 0.273. The molecule has 0 saturated heterocycles. The second-order valence-corrected chi connectivity index (χ2v) is 8.82. The van der Waals surface area contributed by atoms with E-state index in [0.717, 1.165) is 34.1 Å². The molecule has 1 aromatic carbocycles. The van der Waals surface area contributed by atoms with E-state index in [-0.39, 0.29) is 23.3 Å². The highest BCUT2D eigenvalue weighted by molar-refractivity contribution is 9.10. The van der Waals surface area contributed by atoms with E-state index in [2.05, 4.69) is 31.0 Å². The molecule has 2 N–H and O–H groups in total. The van der Waals surface area contributed by atoms with E-state index in [0.29, 0.717) is 22.8 Å². The lowest BCUT2D eigenvalue weighted by Crippen LogP contribution is -2.33. The minimum absolute atomic E-state index is 0.0160. The number of carbonyl (C=O) groups excluding carboxylic acids is 1. The first kappa shape index (κ1) is 19.9. The van der Waals surface area contributed by atoms with Crippen molar-refractivity contribution < 1.29 is 9.18 Å². The van der Waals surface area contributed by atoms with E-state index in [9.17, 15) is 4.79 Å². The van der Waals surface area contributed by atoms with Crippen molar-refractivity contribution in [3.63, 3.8) is 0 Å². The van der Waals surface area contributed by atoms with Gasteiger partial charge in [-0.1, -0.05) is 0 Å². The third kappa shape index (κ3) is 3.42. The summed E-state index contributed by atoms with van der Waals surface area (Å²) in [7, 11) is 1.78. The number of nitrogens with zero attached hydrogens (tertiary/aromatic N) is 5. The molecular formula is C22H20BrFN6O. The maximum atomic E-state index is 15.1. The summed E-state index contributed by atoms with van der Waals surface area (Å²) in [4.78, 5) is 23.9. The molecule has 0 bridgehead atoms. The molecule has 1 fully saturated rings. The average molecular weight is 483 g/mol. The number of hydrogen-bond acceptors (Lipinski definition) is 5. The van der Waals surface area contributed by atoms with Crippen LogP contribution in [0.15, 0.2) is 35.1 Å². The number of nitrogen functional groups attached to an aromatic ring is 1. The molecule has 3 aromatic heterocycles. The van der Waals surface area contributed by atoms with Crippen LogP contribution in [0.1, 0.15) is 34.5 Å². The Kier molecular flexibility index (Phi) is 4.65. The van der Waals surface area contributed by atoms with E-state index in [4.69, 9.17) is 5.73 Å². The number of amides is 1. The van der Waals surface area contributed by atoms with E-state index < -0.39 is 5.82 Å². The summed E-state index contributed by atoms with van der Waals surface area (Å²) in [6, 6.07) is 4.88. The van der Waals surface area contributed by atoms with Crippen LogP contribution in [0.25, 0.3) is 21.8 Å². The Balaban J connectivity index is 1.59. The van der Waals surface area contributed by atoms with Crippen molar-refractivity contribution in [1.82, 2.24) is 24.6 Å². The summed E-state index contributed by atoms with van der Waals surface area (Å²) < 4.78 is 17.6. The van der Waals surface area contributed by atoms with Crippen molar-refractivity contribution >= 4 is 49.5 Å². The number of benzene rings is 1. The van der Waals surface area contributed by atoms with E-state index in [1.807, 2.05) is 13.0 Å². The van der Waals surface area contributed by atoms with Crippen LogP contribution in [0.3, 0.4) is 0 Å². The maximum Gasteiger partial charge on any atom is 0.257 e. The summed E-state index contributed by atoms with van der Waals surface area (Å²) in [6.07, 6.45) is 5.16. The Morgan fingerprint density at radius 2 is 2.06 bits per heavy atom. The number of anilines is 1. The lowest BCUT2D eigenvalue weighted by molar-refractivity contribution is 0.0723. The molecule has 1 aliphatic carbocycles. The van der Waals surface area contributed by atoms with Gasteiger partial charge in [-0.25, -0.2) is 9.37 Å². The first-order valence-corrected chi connectivity index (χ1v) is 10.7.